The molecule has 0 fully saturated rings. The van der Waals surface area contributed by atoms with Gasteiger partial charge in [0, 0.05) is 33.2 Å². The van der Waals surface area contributed by atoms with Gasteiger partial charge in [0.2, 0.25) is 5.91 Å². The second-order valence-corrected chi connectivity index (χ2v) is 8.89. The minimum Gasteiger partial charge on any atom is -0.484 e. The molecule has 0 saturated carbocycles. The third kappa shape index (κ3) is 7.03. The lowest BCUT2D eigenvalue weighted by Crippen LogP contribution is -2.51. The van der Waals surface area contributed by atoms with Gasteiger partial charge in [0.15, 0.2) is 6.61 Å². The Hall–Kier alpha value is -1.95. The van der Waals surface area contributed by atoms with Crippen molar-refractivity contribution in [3.05, 3.63) is 62.6 Å². The van der Waals surface area contributed by atoms with E-state index in [0.29, 0.717) is 32.8 Å². The number of hydrogen-bond acceptors (Lipinski definition) is 3. The van der Waals surface area contributed by atoms with Crippen LogP contribution in [0.5, 0.6) is 5.75 Å². The van der Waals surface area contributed by atoms with Gasteiger partial charge in [-0.15, -0.1) is 0 Å². The van der Waals surface area contributed by atoms with Crippen molar-refractivity contribution in [1.29, 1.82) is 0 Å². The van der Waals surface area contributed by atoms with E-state index in [0.717, 1.165) is 12.0 Å². The molecule has 0 aliphatic heterocycles. The van der Waals surface area contributed by atoms with Gasteiger partial charge in [0.05, 0.1) is 0 Å². The van der Waals surface area contributed by atoms with E-state index in [4.69, 9.17) is 39.5 Å². The Morgan fingerprint density at radius 2 is 1.69 bits per heavy atom. The normalized spacial score (nSPS) is 12.7. The quantitative estimate of drug-likeness (QED) is 0.432. The number of carbonyl (C=O) groups is 2. The summed E-state index contributed by atoms with van der Waals surface area (Å²) in [6.07, 6.45) is 1.21. The molecule has 2 atom stereocenters. The molecule has 0 unspecified atom stereocenters. The Kier molecular flexibility index (Phi) is 10.1. The predicted octanol–water partition coefficient (Wildman–Crippen LogP) is 6.06. The van der Waals surface area contributed by atoms with E-state index in [9.17, 15) is 9.59 Å². The summed E-state index contributed by atoms with van der Waals surface area (Å²) in [5, 5.41) is 4.45. The summed E-state index contributed by atoms with van der Waals surface area (Å²) in [5.74, 6) is -0.0477. The molecule has 2 aromatic rings. The molecule has 2 aromatic carbocycles. The fourth-order valence-electron chi connectivity index (χ4n) is 3.15. The Balaban J connectivity index is 2.29. The maximum absolute atomic E-state index is 13.3. The Morgan fingerprint density at radius 3 is 2.25 bits per heavy atom. The Morgan fingerprint density at radius 1 is 1.03 bits per heavy atom. The highest BCUT2D eigenvalue weighted by Gasteiger charge is 2.30. The van der Waals surface area contributed by atoms with E-state index >= 15 is 0 Å². The van der Waals surface area contributed by atoms with E-state index < -0.39 is 6.04 Å². The van der Waals surface area contributed by atoms with Crippen LogP contribution in [0.25, 0.3) is 0 Å². The fraction of sp³-hybridized carbons (Fsp3) is 0.417. The minimum atomic E-state index is -0.695. The van der Waals surface area contributed by atoms with E-state index in [1.807, 2.05) is 27.7 Å². The first-order chi connectivity index (χ1) is 15.2. The van der Waals surface area contributed by atoms with Gasteiger partial charge in [-0.1, -0.05) is 54.7 Å². The molecule has 0 saturated heterocycles. The molecule has 0 aliphatic rings. The largest absolute Gasteiger partial charge is 0.484 e. The molecule has 0 spiro atoms. The van der Waals surface area contributed by atoms with Crippen LogP contribution in [0.15, 0.2) is 36.4 Å². The van der Waals surface area contributed by atoms with Crippen molar-refractivity contribution in [2.24, 2.45) is 0 Å². The summed E-state index contributed by atoms with van der Waals surface area (Å²) in [7, 11) is 0. The van der Waals surface area contributed by atoms with Gasteiger partial charge in [-0.3, -0.25) is 9.59 Å². The molecule has 0 bridgehead atoms. The molecule has 174 valence electrons. The maximum atomic E-state index is 13.3. The lowest BCUT2D eigenvalue weighted by Gasteiger charge is -2.32. The number of amides is 2. The molecule has 1 N–H and O–H groups in total. The monoisotopic (exact) mass is 498 g/mol. The zero-order valence-electron chi connectivity index (χ0n) is 18.8. The van der Waals surface area contributed by atoms with E-state index in [1.165, 1.54) is 4.90 Å². The molecule has 2 amide bonds. The summed E-state index contributed by atoms with van der Waals surface area (Å²) in [6.45, 7) is 7.48. The van der Waals surface area contributed by atoms with Gasteiger partial charge in [0.1, 0.15) is 11.8 Å². The third-order valence-corrected chi connectivity index (χ3v) is 6.40. The number of aryl methyl sites for hydroxylation is 1. The van der Waals surface area contributed by atoms with Crippen LogP contribution in [-0.2, 0) is 16.1 Å². The van der Waals surface area contributed by atoms with Crippen molar-refractivity contribution in [3.8, 4) is 5.75 Å². The number of benzene rings is 2. The summed E-state index contributed by atoms with van der Waals surface area (Å²) >= 11 is 18.8. The lowest BCUT2D eigenvalue weighted by atomic mass is 10.1. The van der Waals surface area contributed by atoms with E-state index in [1.54, 1.807) is 36.4 Å². The van der Waals surface area contributed by atoms with Crippen LogP contribution in [0, 0.1) is 6.92 Å². The highest BCUT2D eigenvalue weighted by Crippen LogP contribution is 2.27. The molecule has 0 radical (unpaired) electrons. The number of hydrogen-bond donors (Lipinski definition) is 1. The number of nitrogens with one attached hydrogen (secondary N) is 1. The number of nitrogens with zero attached hydrogens (tertiary/aromatic N) is 1. The van der Waals surface area contributed by atoms with Gasteiger partial charge < -0.3 is 15.0 Å². The van der Waals surface area contributed by atoms with Crippen molar-refractivity contribution in [2.45, 2.75) is 59.2 Å². The molecule has 0 aliphatic carbocycles. The Bertz CT molecular complexity index is 932. The number of rotatable bonds is 10. The summed E-state index contributed by atoms with van der Waals surface area (Å²) < 4.78 is 5.71. The van der Waals surface area contributed by atoms with Crippen molar-refractivity contribution >= 4 is 46.6 Å². The maximum Gasteiger partial charge on any atom is 0.261 e. The van der Waals surface area contributed by atoms with Crippen LogP contribution in [0.2, 0.25) is 15.1 Å². The van der Waals surface area contributed by atoms with Crippen LogP contribution >= 0.6 is 34.8 Å². The molecule has 0 heterocycles. The summed E-state index contributed by atoms with van der Waals surface area (Å²) in [4.78, 5) is 27.7. The topological polar surface area (TPSA) is 58.6 Å². The first-order valence-corrected chi connectivity index (χ1v) is 11.7. The number of ether oxygens (including phenoxy) is 1. The van der Waals surface area contributed by atoms with Crippen LogP contribution in [-0.4, -0.2) is 35.4 Å². The van der Waals surface area contributed by atoms with Crippen molar-refractivity contribution in [1.82, 2.24) is 10.2 Å². The third-order valence-electron chi connectivity index (χ3n) is 5.27. The lowest BCUT2D eigenvalue weighted by molar-refractivity contribution is -0.143. The number of carbonyl (C=O) groups excluding carboxylic acids is 2. The van der Waals surface area contributed by atoms with Crippen molar-refractivity contribution < 1.29 is 14.3 Å². The van der Waals surface area contributed by atoms with Gasteiger partial charge in [-0.05, 0) is 62.6 Å². The second-order valence-electron chi connectivity index (χ2n) is 7.66. The van der Waals surface area contributed by atoms with Crippen LogP contribution in [0.1, 0.15) is 44.7 Å². The summed E-state index contributed by atoms with van der Waals surface area (Å²) in [6, 6.07) is 9.62. The van der Waals surface area contributed by atoms with Crippen LogP contribution < -0.4 is 10.1 Å². The van der Waals surface area contributed by atoms with Gasteiger partial charge in [0.25, 0.3) is 5.91 Å². The average molecular weight is 500 g/mol. The zero-order valence-corrected chi connectivity index (χ0v) is 21.0. The molecular formula is C24H29Cl3N2O3. The standard InChI is InChI=1S/C24H29Cl3N2O3/c1-5-16(4)28-24(31)22(6-2)29(13-18-20(26)8-7-9-21(18)27)23(30)14-32-17-10-11-19(25)15(3)12-17/h7-12,16,22H,5-6,13-14H2,1-4H3,(H,28,31)/t16-,22+/m1/s1. The molecule has 32 heavy (non-hydrogen) atoms. The summed E-state index contributed by atoms with van der Waals surface area (Å²) in [5.41, 5.74) is 1.43. The molecule has 0 aromatic heterocycles. The second kappa shape index (κ2) is 12.3. The fourth-order valence-corrected chi connectivity index (χ4v) is 3.78. The van der Waals surface area contributed by atoms with Crippen LogP contribution in [0.3, 0.4) is 0 Å². The average Bonchev–Trinajstić information content (AvgIpc) is 2.76. The predicted molar refractivity (Wildman–Crippen MR) is 131 cm³/mol. The van der Waals surface area contributed by atoms with Crippen molar-refractivity contribution in [2.75, 3.05) is 6.61 Å². The highest BCUT2D eigenvalue weighted by molar-refractivity contribution is 6.36. The zero-order chi connectivity index (χ0) is 23.8. The van der Waals surface area contributed by atoms with E-state index in [2.05, 4.69) is 5.32 Å². The van der Waals surface area contributed by atoms with Crippen molar-refractivity contribution in [3.63, 3.8) is 0 Å². The Labute approximate surface area is 205 Å². The minimum absolute atomic E-state index is 0.00862. The van der Waals surface area contributed by atoms with Crippen LogP contribution in [0.4, 0.5) is 0 Å². The van der Waals surface area contributed by atoms with Gasteiger partial charge in [-0.2, -0.15) is 0 Å². The SMILES string of the molecule is CC[C@@H](C)NC(=O)[C@H](CC)N(Cc1c(Cl)cccc1Cl)C(=O)COc1ccc(Cl)c(C)c1. The van der Waals surface area contributed by atoms with Gasteiger partial charge in [-0.25, -0.2) is 0 Å². The number of halogens is 3. The highest BCUT2D eigenvalue weighted by atomic mass is 35.5. The van der Waals surface area contributed by atoms with Gasteiger partial charge >= 0.3 is 0 Å². The smallest absolute Gasteiger partial charge is 0.261 e. The molecule has 8 heteroatoms. The first kappa shape index (κ1) is 26.3. The molecule has 2 rings (SSSR count). The molecular weight excluding hydrogens is 471 g/mol. The van der Waals surface area contributed by atoms with E-state index in [-0.39, 0.29) is 31.0 Å². The molecule has 5 nitrogen and oxygen atoms in total. The first-order valence-electron chi connectivity index (χ1n) is 10.6.